The van der Waals surface area contributed by atoms with E-state index in [-0.39, 0.29) is 0 Å². The summed E-state index contributed by atoms with van der Waals surface area (Å²) in [6, 6.07) is 5.52. The van der Waals surface area contributed by atoms with Crippen LogP contribution in [-0.4, -0.2) is 6.61 Å². The van der Waals surface area contributed by atoms with Crippen molar-refractivity contribution in [1.82, 2.24) is 0 Å². The molecule has 0 heterocycles. The van der Waals surface area contributed by atoms with Crippen molar-refractivity contribution >= 4 is 27.5 Å². The molecule has 0 aliphatic heterocycles. The standard InChI is InChI=1S/C11H10BrClO/c1-2-3-4-7-14-11-8-9(12)5-6-10(11)13/h5-6,8H,4,7H2,1H3. The zero-order valence-corrected chi connectivity index (χ0v) is 10.2. The summed E-state index contributed by atoms with van der Waals surface area (Å²) in [7, 11) is 0. The van der Waals surface area contributed by atoms with Gasteiger partial charge in [0.15, 0.2) is 0 Å². The number of hydrogen-bond acceptors (Lipinski definition) is 1. The molecule has 1 aromatic carbocycles. The Morgan fingerprint density at radius 3 is 3.00 bits per heavy atom. The van der Waals surface area contributed by atoms with Crippen LogP contribution < -0.4 is 4.74 Å². The van der Waals surface area contributed by atoms with Crippen LogP contribution in [0.4, 0.5) is 0 Å². The minimum Gasteiger partial charge on any atom is -0.491 e. The summed E-state index contributed by atoms with van der Waals surface area (Å²) >= 11 is 9.28. The minimum absolute atomic E-state index is 0.566. The summed E-state index contributed by atoms with van der Waals surface area (Å²) in [5.74, 6) is 6.42. The third-order valence-electron chi connectivity index (χ3n) is 1.55. The van der Waals surface area contributed by atoms with Crippen molar-refractivity contribution in [2.45, 2.75) is 13.3 Å². The van der Waals surface area contributed by atoms with Crippen LogP contribution in [-0.2, 0) is 0 Å². The normalized spacial score (nSPS) is 9.07. The van der Waals surface area contributed by atoms with E-state index in [9.17, 15) is 0 Å². The molecule has 0 aliphatic rings. The minimum atomic E-state index is 0.566. The first kappa shape index (κ1) is 11.4. The SMILES string of the molecule is CC#CCCOc1cc(Br)ccc1Cl. The molecule has 0 unspecified atom stereocenters. The lowest BCUT2D eigenvalue weighted by molar-refractivity contribution is 0.327. The Morgan fingerprint density at radius 2 is 2.29 bits per heavy atom. The van der Waals surface area contributed by atoms with Crippen molar-refractivity contribution in [2.75, 3.05) is 6.61 Å². The second kappa shape index (κ2) is 5.95. The van der Waals surface area contributed by atoms with Gasteiger partial charge in [0, 0.05) is 10.9 Å². The quantitative estimate of drug-likeness (QED) is 0.599. The predicted octanol–water partition coefficient (Wildman–Crippen LogP) is 3.89. The molecule has 0 atom stereocenters. The highest BCUT2D eigenvalue weighted by Crippen LogP contribution is 2.27. The lowest BCUT2D eigenvalue weighted by Crippen LogP contribution is -1.96. The van der Waals surface area contributed by atoms with Crippen LogP contribution >= 0.6 is 27.5 Å². The van der Waals surface area contributed by atoms with Crippen LogP contribution in [0.2, 0.25) is 5.02 Å². The van der Waals surface area contributed by atoms with Crippen molar-refractivity contribution in [1.29, 1.82) is 0 Å². The predicted molar refractivity (Wildman–Crippen MR) is 62.7 cm³/mol. The van der Waals surface area contributed by atoms with Crippen LogP contribution in [0.3, 0.4) is 0 Å². The Labute approximate surface area is 97.5 Å². The Kier molecular flexibility index (Phi) is 4.86. The molecule has 1 aromatic rings. The molecule has 0 aliphatic carbocycles. The van der Waals surface area contributed by atoms with Crippen LogP contribution in [0.15, 0.2) is 22.7 Å². The zero-order chi connectivity index (χ0) is 10.4. The van der Waals surface area contributed by atoms with Crippen LogP contribution in [0, 0.1) is 11.8 Å². The van der Waals surface area contributed by atoms with Crippen molar-refractivity contribution in [3.05, 3.63) is 27.7 Å². The number of hydrogen-bond donors (Lipinski definition) is 0. The zero-order valence-electron chi connectivity index (χ0n) is 7.81. The molecule has 14 heavy (non-hydrogen) atoms. The van der Waals surface area contributed by atoms with Gasteiger partial charge < -0.3 is 4.74 Å². The highest BCUT2D eigenvalue weighted by Gasteiger charge is 2.00. The van der Waals surface area contributed by atoms with Gasteiger partial charge in [0.05, 0.1) is 11.6 Å². The van der Waals surface area contributed by atoms with E-state index in [1.54, 1.807) is 6.07 Å². The molecule has 0 aromatic heterocycles. The highest BCUT2D eigenvalue weighted by atomic mass is 79.9. The molecule has 3 heteroatoms. The maximum absolute atomic E-state index is 5.93. The van der Waals surface area contributed by atoms with Gasteiger partial charge in [-0.05, 0) is 25.1 Å². The molecule has 0 radical (unpaired) electrons. The Hall–Kier alpha value is -0.650. The van der Waals surface area contributed by atoms with Gasteiger partial charge in [0.25, 0.3) is 0 Å². The topological polar surface area (TPSA) is 9.23 Å². The van der Waals surface area contributed by atoms with E-state index in [2.05, 4.69) is 27.8 Å². The molecular weight excluding hydrogens is 263 g/mol. The Bertz CT molecular complexity index is 365. The molecule has 0 saturated carbocycles. The molecule has 1 nitrogen and oxygen atoms in total. The molecule has 0 N–H and O–H groups in total. The number of benzene rings is 1. The molecule has 0 bridgehead atoms. The molecule has 0 amide bonds. The summed E-state index contributed by atoms with van der Waals surface area (Å²) in [6.07, 6.45) is 0.722. The summed E-state index contributed by atoms with van der Waals surface area (Å²) in [5.41, 5.74) is 0. The van der Waals surface area contributed by atoms with Gasteiger partial charge in [-0.1, -0.05) is 27.5 Å². The van der Waals surface area contributed by atoms with Gasteiger partial charge in [-0.25, -0.2) is 0 Å². The van der Waals surface area contributed by atoms with Crippen molar-refractivity contribution in [2.24, 2.45) is 0 Å². The lowest BCUT2D eigenvalue weighted by Gasteiger charge is -2.06. The first-order valence-electron chi connectivity index (χ1n) is 4.21. The van der Waals surface area contributed by atoms with E-state index >= 15 is 0 Å². The van der Waals surface area contributed by atoms with Gasteiger partial charge in [-0.2, -0.15) is 0 Å². The second-order valence-corrected chi connectivity index (χ2v) is 3.92. The van der Waals surface area contributed by atoms with Crippen molar-refractivity contribution in [3.63, 3.8) is 0 Å². The average molecular weight is 274 g/mol. The fraction of sp³-hybridized carbons (Fsp3) is 0.273. The smallest absolute Gasteiger partial charge is 0.139 e. The lowest BCUT2D eigenvalue weighted by atomic mass is 10.3. The van der Waals surface area contributed by atoms with Gasteiger partial charge in [-0.15, -0.1) is 11.8 Å². The second-order valence-electron chi connectivity index (χ2n) is 2.60. The molecular formula is C11H10BrClO. The molecule has 0 saturated heterocycles. The van der Waals surface area contributed by atoms with E-state index in [0.717, 1.165) is 10.9 Å². The van der Waals surface area contributed by atoms with E-state index in [0.29, 0.717) is 17.4 Å². The summed E-state index contributed by atoms with van der Waals surface area (Å²) < 4.78 is 6.41. The Morgan fingerprint density at radius 1 is 1.50 bits per heavy atom. The fourth-order valence-electron chi connectivity index (χ4n) is 0.925. The average Bonchev–Trinajstić information content (AvgIpc) is 2.18. The van der Waals surface area contributed by atoms with E-state index in [4.69, 9.17) is 16.3 Å². The summed E-state index contributed by atoms with van der Waals surface area (Å²) in [5, 5.41) is 0.623. The van der Waals surface area contributed by atoms with E-state index in [1.807, 2.05) is 19.1 Å². The largest absolute Gasteiger partial charge is 0.491 e. The third-order valence-corrected chi connectivity index (χ3v) is 2.36. The van der Waals surface area contributed by atoms with Gasteiger partial charge in [0.2, 0.25) is 0 Å². The van der Waals surface area contributed by atoms with Crippen LogP contribution in [0.25, 0.3) is 0 Å². The van der Waals surface area contributed by atoms with Crippen LogP contribution in [0.1, 0.15) is 13.3 Å². The molecule has 0 spiro atoms. The van der Waals surface area contributed by atoms with Gasteiger partial charge in [0.1, 0.15) is 5.75 Å². The maximum Gasteiger partial charge on any atom is 0.139 e. The fourth-order valence-corrected chi connectivity index (χ4v) is 1.44. The van der Waals surface area contributed by atoms with Gasteiger partial charge in [-0.3, -0.25) is 0 Å². The number of halogens is 2. The number of rotatable bonds is 3. The third kappa shape index (κ3) is 3.61. The van der Waals surface area contributed by atoms with Crippen LogP contribution in [0.5, 0.6) is 5.75 Å². The summed E-state index contributed by atoms with van der Waals surface area (Å²) in [4.78, 5) is 0. The molecule has 74 valence electrons. The van der Waals surface area contributed by atoms with Crippen molar-refractivity contribution in [3.8, 4) is 17.6 Å². The van der Waals surface area contributed by atoms with Gasteiger partial charge >= 0.3 is 0 Å². The monoisotopic (exact) mass is 272 g/mol. The first-order valence-corrected chi connectivity index (χ1v) is 5.38. The number of ether oxygens (including phenoxy) is 1. The summed E-state index contributed by atoms with van der Waals surface area (Å²) in [6.45, 7) is 2.38. The van der Waals surface area contributed by atoms with E-state index in [1.165, 1.54) is 0 Å². The molecule has 1 rings (SSSR count). The first-order chi connectivity index (χ1) is 6.74. The highest BCUT2D eigenvalue weighted by molar-refractivity contribution is 9.10. The Balaban J connectivity index is 2.56. The van der Waals surface area contributed by atoms with Crippen molar-refractivity contribution < 1.29 is 4.74 Å². The molecule has 0 fully saturated rings. The van der Waals surface area contributed by atoms with E-state index < -0.39 is 0 Å². The maximum atomic E-state index is 5.93.